The highest BCUT2D eigenvalue weighted by atomic mass is 35.5. The molecule has 1 aliphatic carbocycles. The molecule has 1 saturated heterocycles. The molecule has 1 amide bonds. The van der Waals surface area contributed by atoms with Gasteiger partial charge in [-0.3, -0.25) is 4.79 Å². The fraction of sp³-hybridized carbons (Fsp3) is 0.722. The highest BCUT2D eigenvalue weighted by molar-refractivity contribution is 7.16. The van der Waals surface area contributed by atoms with Gasteiger partial charge in [0.25, 0.3) is 5.91 Å². The third kappa shape index (κ3) is 5.73. The van der Waals surface area contributed by atoms with Crippen molar-refractivity contribution in [3.05, 3.63) is 21.3 Å². The molecule has 2 fully saturated rings. The summed E-state index contributed by atoms with van der Waals surface area (Å²) in [5.41, 5.74) is 0. The van der Waals surface area contributed by atoms with Crippen LogP contribution in [0.25, 0.3) is 0 Å². The number of thiophene rings is 1. The molecule has 2 heterocycles. The average molecular weight is 372 g/mol. The van der Waals surface area contributed by atoms with Crippen LogP contribution in [0.4, 0.5) is 0 Å². The van der Waals surface area contributed by atoms with Crippen molar-refractivity contribution in [3.8, 4) is 0 Å². The molecule has 0 atom stereocenters. The van der Waals surface area contributed by atoms with Crippen LogP contribution < -0.4 is 15.1 Å². The lowest BCUT2D eigenvalue weighted by molar-refractivity contribution is -1.01. The molecule has 1 saturated carbocycles. The Bertz CT molecular complexity index is 522. The van der Waals surface area contributed by atoms with Crippen LogP contribution in [-0.4, -0.2) is 45.2 Å². The van der Waals surface area contributed by atoms with Gasteiger partial charge in [-0.15, -0.1) is 11.3 Å². The van der Waals surface area contributed by atoms with Crippen LogP contribution in [0.2, 0.25) is 4.34 Å². The van der Waals surface area contributed by atoms with E-state index in [1.165, 1.54) is 41.9 Å². The Balaban J connectivity index is 1.32. The molecule has 0 bridgehead atoms. The summed E-state index contributed by atoms with van der Waals surface area (Å²) in [7, 11) is 0. The summed E-state index contributed by atoms with van der Waals surface area (Å²) in [6.45, 7) is 7.06. The quantitative estimate of drug-likeness (QED) is 0.664. The first-order chi connectivity index (χ1) is 11.7. The highest BCUT2D eigenvalue weighted by Crippen LogP contribution is 2.22. The van der Waals surface area contributed by atoms with Crippen LogP contribution in [0.15, 0.2) is 12.1 Å². The molecule has 0 spiro atoms. The van der Waals surface area contributed by atoms with Crippen molar-refractivity contribution in [3.63, 3.8) is 0 Å². The molecule has 3 N–H and O–H groups in total. The topological polar surface area (TPSA) is 38.0 Å². The molecular formula is C18H30ClN3OS+2. The van der Waals surface area contributed by atoms with Crippen LogP contribution in [0.5, 0.6) is 0 Å². The first-order valence-corrected chi connectivity index (χ1v) is 10.6. The molecule has 1 aliphatic heterocycles. The number of halogens is 1. The molecule has 24 heavy (non-hydrogen) atoms. The minimum Gasteiger partial charge on any atom is -0.351 e. The number of rotatable bonds is 6. The van der Waals surface area contributed by atoms with E-state index in [2.05, 4.69) is 11.4 Å². The zero-order valence-electron chi connectivity index (χ0n) is 14.4. The van der Waals surface area contributed by atoms with E-state index in [0.717, 1.165) is 49.5 Å². The molecule has 134 valence electrons. The van der Waals surface area contributed by atoms with Gasteiger partial charge >= 0.3 is 0 Å². The molecule has 1 aromatic rings. The third-order valence-corrected chi connectivity index (χ3v) is 6.67. The van der Waals surface area contributed by atoms with Gasteiger partial charge < -0.3 is 15.1 Å². The largest absolute Gasteiger partial charge is 0.351 e. The van der Waals surface area contributed by atoms with Crippen LogP contribution in [0, 0.1) is 5.92 Å². The first kappa shape index (κ1) is 18.2. The molecule has 2 aliphatic rings. The van der Waals surface area contributed by atoms with Gasteiger partial charge in [0.05, 0.1) is 9.21 Å². The van der Waals surface area contributed by atoms with Gasteiger partial charge in [-0.1, -0.05) is 30.9 Å². The Morgan fingerprint density at radius 1 is 1.12 bits per heavy atom. The molecule has 3 rings (SSSR count). The van der Waals surface area contributed by atoms with Crippen LogP contribution in [0.3, 0.4) is 0 Å². The second-order valence-electron chi connectivity index (χ2n) is 7.37. The standard InChI is InChI=1S/C18H28ClN3OS/c19-17-7-6-16(24-17)13-21-8-10-22(11-9-21)14-18(23)20-12-15-4-2-1-3-5-15/h6-7,15H,1-5,8-14H2,(H,20,23)/p+2. The number of amides is 1. The minimum absolute atomic E-state index is 0.240. The number of quaternary nitrogens is 2. The van der Waals surface area contributed by atoms with E-state index in [1.807, 2.05) is 6.07 Å². The summed E-state index contributed by atoms with van der Waals surface area (Å²) in [5.74, 6) is 0.959. The molecule has 0 radical (unpaired) electrons. The maximum absolute atomic E-state index is 12.2. The summed E-state index contributed by atoms with van der Waals surface area (Å²) in [6.07, 6.45) is 6.64. The van der Waals surface area contributed by atoms with Gasteiger partial charge in [0, 0.05) is 6.54 Å². The number of hydrogen-bond acceptors (Lipinski definition) is 2. The molecule has 4 nitrogen and oxygen atoms in total. The van der Waals surface area contributed by atoms with E-state index in [0.29, 0.717) is 6.54 Å². The molecule has 6 heteroatoms. The number of hydrogen-bond donors (Lipinski definition) is 3. The number of nitrogens with one attached hydrogen (secondary N) is 3. The average Bonchev–Trinajstić information content (AvgIpc) is 3.01. The fourth-order valence-electron chi connectivity index (χ4n) is 3.94. The van der Waals surface area contributed by atoms with E-state index in [9.17, 15) is 4.79 Å². The molecule has 1 aromatic heterocycles. The van der Waals surface area contributed by atoms with Gasteiger partial charge in [0.2, 0.25) is 0 Å². The highest BCUT2D eigenvalue weighted by Gasteiger charge is 2.25. The van der Waals surface area contributed by atoms with E-state index in [1.54, 1.807) is 16.2 Å². The van der Waals surface area contributed by atoms with Crippen molar-refractivity contribution >= 4 is 28.8 Å². The van der Waals surface area contributed by atoms with E-state index in [-0.39, 0.29) is 5.91 Å². The van der Waals surface area contributed by atoms with Crippen molar-refractivity contribution in [2.75, 3.05) is 39.3 Å². The second kappa shape index (κ2) is 9.18. The SMILES string of the molecule is O=C(C[NH+]1CC[NH+](Cc2ccc(Cl)s2)CC1)NCC1CCCCC1. The minimum atomic E-state index is 0.240. The van der Waals surface area contributed by atoms with Crippen molar-refractivity contribution in [1.82, 2.24) is 5.32 Å². The van der Waals surface area contributed by atoms with Crippen LogP contribution in [-0.2, 0) is 11.3 Å². The summed E-state index contributed by atoms with van der Waals surface area (Å²) >= 11 is 7.69. The van der Waals surface area contributed by atoms with Gasteiger partial charge in [0.1, 0.15) is 32.7 Å². The number of carbonyl (C=O) groups excluding carboxylic acids is 1. The maximum Gasteiger partial charge on any atom is 0.275 e. The predicted octanol–water partition coefficient (Wildman–Crippen LogP) is 0.381. The van der Waals surface area contributed by atoms with E-state index >= 15 is 0 Å². The number of piperazine rings is 1. The first-order valence-electron chi connectivity index (χ1n) is 9.37. The lowest BCUT2D eigenvalue weighted by atomic mass is 9.89. The molecule has 0 unspecified atom stereocenters. The Hall–Kier alpha value is -0.620. The Morgan fingerprint density at radius 3 is 2.50 bits per heavy atom. The maximum atomic E-state index is 12.2. The monoisotopic (exact) mass is 371 g/mol. The Morgan fingerprint density at radius 2 is 1.83 bits per heavy atom. The second-order valence-corrected chi connectivity index (χ2v) is 9.17. The zero-order chi connectivity index (χ0) is 16.8. The predicted molar refractivity (Wildman–Crippen MR) is 98.9 cm³/mol. The Kier molecular flexibility index (Phi) is 6.95. The lowest BCUT2D eigenvalue weighted by Gasteiger charge is -2.29. The summed E-state index contributed by atoms with van der Waals surface area (Å²) in [4.78, 5) is 16.6. The normalized spacial score (nSPS) is 25.5. The van der Waals surface area contributed by atoms with Gasteiger partial charge in [-0.2, -0.15) is 0 Å². The van der Waals surface area contributed by atoms with E-state index in [4.69, 9.17) is 11.6 Å². The Labute approximate surface area is 154 Å². The summed E-state index contributed by atoms with van der Waals surface area (Å²) < 4.78 is 0.878. The lowest BCUT2D eigenvalue weighted by Crippen LogP contribution is -3.28. The van der Waals surface area contributed by atoms with Gasteiger partial charge in [-0.05, 0) is 30.9 Å². The zero-order valence-corrected chi connectivity index (χ0v) is 16.0. The third-order valence-electron chi connectivity index (χ3n) is 5.44. The summed E-state index contributed by atoms with van der Waals surface area (Å²) in [5, 5.41) is 3.17. The van der Waals surface area contributed by atoms with E-state index < -0.39 is 0 Å². The fourth-order valence-corrected chi connectivity index (χ4v) is 5.10. The van der Waals surface area contributed by atoms with Crippen LogP contribution >= 0.6 is 22.9 Å². The molecular weight excluding hydrogens is 342 g/mol. The van der Waals surface area contributed by atoms with Crippen molar-refractivity contribution in [2.45, 2.75) is 38.6 Å². The summed E-state index contributed by atoms with van der Waals surface area (Å²) in [6, 6.07) is 4.12. The van der Waals surface area contributed by atoms with Crippen molar-refractivity contribution in [1.29, 1.82) is 0 Å². The van der Waals surface area contributed by atoms with Crippen molar-refractivity contribution in [2.24, 2.45) is 5.92 Å². The van der Waals surface area contributed by atoms with Crippen molar-refractivity contribution < 1.29 is 14.6 Å². The number of carbonyl (C=O) groups is 1. The molecule has 0 aromatic carbocycles. The van der Waals surface area contributed by atoms with Gasteiger partial charge in [0.15, 0.2) is 6.54 Å². The van der Waals surface area contributed by atoms with Crippen LogP contribution in [0.1, 0.15) is 37.0 Å². The van der Waals surface area contributed by atoms with Gasteiger partial charge in [-0.25, -0.2) is 0 Å². The smallest absolute Gasteiger partial charge is 0.275 e.